The van der Waals surface area contributed by atoms with Gasteiger partial charge in [-0.3, -0.25) is 0 Å². The van der Waals surface area contributed by atoms with E-state index < -0.39 is 15.8 Å². The largest absolute Gasteiger partial charge is 0.497 e. The number of methoxy groups -OCH3 is 1. The van der Waals surface area contributed by atoms with Gasteiger partial charge in [-0.1, -0.05) is 23.7 Å². The van der Waals surface area contributed by atoms with Crippen LogP contribution in [0.3, 0.4) is 0 Å². The van der Waals surface area contributed by atoms with E-state index in [0.717, 1.165) is 3.97 Å². The number of ether oxygens (including phenoxy) is 1. The van der Waals surface area contributed by atoms with Gasteiger partial charge in [0.1, 0.15) is 17.6 Å². The van der Waals surface area contributed by atoms with Crippen molar-refractivity contribution >= 4 is 32.5 Å². The van der Waals surface area contributed by atoms with Crippen molar-refractivity contribution in [2.75, 3.05) is 7.11 Å². The number of rotatable bonds is 4. The van der Waals surface area contributed by atoms with Crippen LogP contribution < -0.4 is 4.74 Å². The van der Waals surface area contributed by atoms with Crippen LogP contribution in [0.1, 0.15) is 5.56 Å². The van der Waals surface area contributed by atoms with Crippen molar-refractivity contribution < 1.29 is 17.5 Å². The molecule has 3 aromatic carbocycles. The molecule has 0 saturated carbocycles. The van der Waals surface area contributed by atoms with Gasteiger partial charge < -0.3 is 4.74 Å². The van der Waals surface area contributed by atoms with Crippen LogP contribution >= 0.6 is 11.6 Å². The third-order valence-corrected chi connectivity index (χ3v) is 6.75. The van der Waals surface area contributed by atoms with Crippen molar-refractivity contribution in [1.29, 1.82) is 5.26 Å². The Bertz CT molecular complexity index is 1420. The van der Waals surface area contributed by atoms with Gasteiger partial charge in [0.05, 0.1) is 28.1 Å². The molecule has 0 saturated heterocycles. The molecule has 8 heteroatoms. The van der Waals surface area contributed by atoms with Crippen LogP contribution in [0.5, 0.6) is 5.75 Å². The maximum absolute atomic E-state index is 14.0. The first-order chi connectivity index (χ1) is 14.3. The molecule has 0 aliphatic heterocycles. The smallest absolute Gasteiger partial charge is 0.268 e. The minimum Gasteiger partial charge on any atom is -0.497 e. The molecule has 4 rings (SSSR count). The van der Waals surface area contributed by atoms with Gasteiger partial charge in [0.25, 0.3) is 10.0 Å². The first-order valence-electron chi connectivity index (χ1n) is 8.75. The van der Waals surface area contributed by atoms with Crippen LogP contribution in [0.25, 0.3) is 22.0 Å². The molecule has 0 atom stereocenters. The summed E-state index contributed by atoms with van der Waals surface area (Å²) in [4.78, 5) is 0.0927. The number of nitrogens with zero attached hydrogens (tertiary/aromatic N) is 2. The van der Waals surface area contributed by atoms with Crippen LogP contribution in [0.4, 0.5) is 4.39 Å². The van der Waals surface area contributed by atoms with Crippen molar-refractivity contribution in [3.8, 4) is 22.9 Å². The Morgan fingerprint density at radius 1 is 1.03 bits per heavy atom. The predicted molar refractivity (Wildman–Crippen MR) is 113 cm³/mol. The third kappa shape index (κ3) is 3.30. The molecule has 4 aromatic rings. The van der Waals surface area contributed by atoms with E-state index in [1.807, 2.05) is 0 Å². The molecule has 0 unspecified atom stereocenters. The summed E-state index contributed by atoms with van der Waals surface area (Å²) in [7, 11) is -2.38. The lowest BCUT2D eigenvalue weighted by Gasteiger charge is -2.09. The second-order valence-corrected chi connectivity index (χ2v) is 8.71. The average Bonchev–Trinajstić information content (AvgIpc) is 3.10. The van der Waals surface area contributed by atoms with Crippen molar-refractivity contribution in [3.05, 3.63) is 83.3 Å². The molecule has 5 nitrogen and oxygen atoms in total. The van der Waals surface area contributed by atoms with Crippen LogP contribution in [-0.2, 0) is 10.0 Å². The van der Waals surface area contributed by atoms with Crippen LogP contribution in [0.15, 0.2) is 71.8 Å². The van der Waals surface area contributed by atoms with Gasteiger partial charge in [0, 0.05) is 11.6 Å². The Hall–Kier alpha value is -3.34. The molecule has 0 N–H and O–H groups in total. The molecular formula is C22H14ClFN2O3S. The maximum Gasteiger partial charge on any atom is 0.268 e. The summed E-state index contributed by atoms with van der Waals surface area (Å²) in [5, 5.41) is 9.64. The molecule has 150 valence electrons. The highest BCUT2D eigenvalue weighted by atomic mass is 35.5. The lowest BCUT2D eigenvalue weighted by molar-refractivity contribution is 0.414. The molecule has 1 heterocycles. The summed E-state index contributed by atoms with van der Waals surface area (Å²) in [5.74, 6) is -0.0792. The molecule has 0 fully saturated rings. The number of nitriles is 1. The zero-order valence-corrected chi connectivity index (χ0v) is 17.2. The van der Waals surface area contributed by atoms with Gasteiger partial charge in [-0.25, -0.2) is 16.8 Å². The Labute approximate surface area is 177 Å². The molecular weight excluding hydrogens is 427 g/mol. The lowest BCUT2D eigenvalue weighted by Crippen LogP contribution is -2.11. The Balaban J connectivity index is 1.82. The number of halogens is 2. The Kier molecular flexibility index (Phi) is 4.98. The lowest BCUT2D eigenvalue weighted by atomic mass is 10.0. The highest BCUT2D eigenvalue weighted by Crippen LogP contribution is 2.33. The number of hydrogen-bond acceptors (Lipinski definition) is 4. The van der Waals surface area contributed by atoms with Crippen LogP contribution in [0, 0.1) is 17.1 Å². The Morgan fingerprint density at radius 3 is 2.33 bits per heavy atom. The van der Waals surface area contributed by atoms with Gasteiger partial charge in [-0.2, -0.15) is 5.26 Å². The standard InChI is InChI=1S/C22H14ClFN2O3S/c1-29-17-5-7-18(8-6-17)30(27,28)26-13-20(23)19-10-14(4-9-22(19)26)15-2-3-16(12-25)21(24)11-15/h2-11,13H,1H3. The summed E-state index contributed by atoms with van der Waals surface area (Å²) < 4.78 is 46.4. The van der Waals surface area contributed by atoms with E-state index in [1.165, 1.54) is 37.6 Å². The van der Waals surface area contributed by atoms with Gasteiger partial charge >= 0.3 is 0 Å². The molecule has 0 bridgehead atoms. The van der Waals surface area contributed by atoms with Crippen LogP contribution in [-0.4, -0.2) is 19.5 Å². The number of hydrogen-bond donors (Lipinski definition) is 0. The predicted octanol–water partition coefficient (Wildman–Crippen LogP) is 5.22. The minimum atomic E-state index is -3.88. The topological polar surface area (TPSA) is 72.1 Å². The molecule has 0 aliphatic rings. The second-order valence-electron chi connectivity index (χ2n) is 6.49. The molecule has 0 aliphatic carbocycles. The van der Waals surface area contributed by atoms with Crippen LogP contribution in [0.2, 0.25) is 5.02 Å². The molecule has 0 amide bonds. The summed E-state index contributed by atoms with van der Waals surface area (Å²) in [6.07, 6.45) is 1.34. The molecule has 1 aromatic heterocycles. The van der Waals surface area contributed by atoms with Crippen molar-refractivity contribution in [2.45, 2.75) is 4.90 Å². The average molecular weight is 441 g/mol. The number of aromatic nitrogens is 1. The van der Waals surface area contributed by atoms with E-state index in [9.17, 15) is 12.8 Å². The van der Waals surface area contributed by atoms with E-state index in [1.54, 1.807) is 42.5 Å². The van der Waals surface area contributed by atoms with Crippen molar-refractivity contribution in [1.82, 2.24) is 3.97 Å². The quantitative estimate of drug-likeness (QED) is 0.436. The van der Waals surface area contributed by atoms with E-state index in [0.29, 0.717) is 27.8 Å². The van der Waals surface area contributed by atoms with Crippen molar-refractivity contribution in [3.63, 3.8) is 0 Å². The third-order valence-electron chi connectivity index (χ3n) is 4.76. The van der Waals surface area contributed by atoms with E-state index in [2.05, 4.69) is 0 Å². The fraction of sp³-hybridized carbons (Fsp3) is 0.0455. The zero-order chi connectivity index (χ0) is 21.5. The fourth-order valence-corrected chi connectivity index (χ4v) is 4.86. The molecule has 0 radical (unpaired) electrons. The Morgan fingerprint density at radius 2 is 1.70 bits per heavy atom. The van der Waals surface area contributed by atoms with Gasteiger partial charge in [0.2, 0.25) is 0 Å². The first kappa shape index (κ1) is 20.0. The first-order valence-corrected chi connectivity index (χ1v) is 10.6. The van der Waals surface area contributed by atoms with E-state index in [-0.39, 0.29) is 15.5 Å². The zero-order valence-electron chi connectivity index (χ0n) is 15.6. The maximum atomic E-state index is 14.0. The molecule has 0 spiro atoms. The number of fused-ring (bicyclic) bond motifs is 1. The fourth-order valence-electron chi connectivity index (χ4n) is 3.19. The summed E-state index contributed by atoms with van der Waals surface area (Å²) in [6, 6.07) is 17.1. The second kappa shape index (κ2) is 7.48. The minimum absolute atomic E-state index is 0.0467. The van der Waals surface area contributed by atoms with E-state index in [4.69, 9.17) is 21.6 Å². The monoisotopic (exact) mass is 440 g/mol. The summed E-state index contributed by atoms with van der Waals surface area (Å²) in [6.45, 7) is 0. The summed E-state index contributed by atoms with van der Waals surface area (Å²) in [5.41, 5.74) is 1.55. The highest BCUT2D eigenvalue weighted by molar-refractivity contribution is 7.90. The van der Waals surface area contributed by atoms with Gasteiger partial charge in [0.15, 0.2) is 0 Å². The summed E-state index contributed by atoms with van der Waals surface area (Å²) >= 11 is 6.33. The van der Waals surface area contributed by atoms with Gasteiger partial charge in [-0.05, 0) is 59.7 Å². The highest BCUT2D eigenvalue weighted by Gasteiger charge is 2.21. The van der Waals surface area contributed by atoms with Gasteiger partial charge in [-0.15, -0.1) is 0 Å². The van der Waals surface area contributed by atoms with Crippen molar-refractivity contribution in [2.24, 2.45) is 0 Å². The molecule has 30 heavy (non-hydrogen) atoms. The SMILES string of the molecule is COc1ccc(S(=O)(=O)n2cc(Cl)c3cc(-c4ccc(C#N)c(F)c4)ccc32)cc1. The number of benzene rings is 3. The van der Waals surface area contributed by atoms with E-state index >= 15 is 0 Å². The normalized spacial score (nSPS) is 11.4.